The lowest BCUT2D eigenvalue weighted by Gasteiger charge is -2.09. The molecule has 0 saturated heterocycles. The first-order valence-corrected chi connectivity index (χ1v) is 8.30. The molecule has 0 bridgehead atoms. The normalized spacial score (nSPS) is 10.7. The van der Waals surface area contributed by atoms with Crippen LogP contribution in [0.1, 0.15) is 10.4 Å². The van der Waals surface area contributed by atoms with E-state index in [9.17, 15) is 13.0 Å². The maximum atomic E-state index is 11.6. The van der Waals surface area contributed by atoms with Gasteiger partial charge in [0.1, 0.15) is 0 Å². The Morgan fingerprint density at radius 3 is 2.29 bits per heavy atom. The van der Waals surface area contributed by atoms with Gasteiger partial charge in [-0.3, -0.25) is 3.07 Å². The first-order valence-electron chi connectivity index (χ1n) is 6.34. The van der Waals surface area contributed by atoms with Gasteiger partial charge in [0, 0.05) is 0 Å². The van der Waals surface area contributed by atoms with Crippen LogP contribution in [0.4, 0.5) is 0 Å². The fourth-order valence-electron chi connectivity index (χ4n) is 2.44. The molecule has 3 rings (SSSR count). The second-order valence-corrected chi connectivity index (χ2v) is 6.10. The number of carbonyl (C=O) groups is 1. The quantitative estimate of drug-likeness (QED) is 0.661. The summed E-state index contributed by atoms with van der Waals surface area (Å²) in [5.41, 5.74) is 2.21. The van der Waals surface area contributed by atoms with Crippen LogP contribution < -0.4 is 0 Å². The third-order valence-electron chi connectivity index (χ3n) is 3.39. The molecule has 0 aliphatic rings. The Morgan fingerprint density at radius 1 is 0.857 bits per heavy atom. The molecule has 3 aromatic carbocycles. The summed E-state index contributed by atoms with van der Waals surface area (Å²) in [6.45, 7) is 0. The highest BCUT2D eigenvalue weighted by Gasteiger charge is 2.15. The molecule has 0 amide bonds. The standard InChI is InChI=1S/C17H11IO3/c19-17(20)15-10-9-13-12(11-5-2-1-3-6-11)7-4-8-14(13)16(15)18-21/h1-10H,(H,19,20). The van der Waals surface area contributed by atoms with Crippen molar-refractivity contribution in [3.05, 3.63) is 69.8 Å². The maximum Gasteiger partial charge on any atom is 0.336 e. The Labute approximate surface area is 131 Å². The third kappa shape index (κ3) is 2.47. The Morgan fingerprint density at radius 2 is 1.62 bits per heavy atom. The van der Waals surface area contributed by atoms with Crippen LogP contribution in [-0.4, -0.2) is 11.1 Å². The number of carboxylic acid groups (broad SMARTS) is 1. The monoisotopic (exact) mass is 390 g/mol. The number of carboxylic acids is 1. The maximum absolute atomic E-state index is 11.6. The average molecular weight is 390 g/mol. The van der Waals surface area contributed by atoms with E-state index in [1.807, 2.05) is 48.5 Å². The van der Waals surface area contributed by atoms with Crippen LogP contribution in [0.25, 0.3) is 21.9 Å². The zero-order chi connectivity index (χ0) is 14.8. The van der Waals surface area contributed by atoms with E-state index in [1.54, 1.807) is 12.1 Å². The van der Waals surface area contributed by atoms with Crippen molar-refractivity contribution in [1.82, 2.24) is 0 Å². The smallest absolute Gasteiger partial charge is 0.336 e. The predicted octanol–water partition coefficient (Wildman–Crippen LogP) is 4.69. The molecule has 0 spiro atoms. The first kappa shape index (κ1) is 13.9. The Kier molecular flexibility index (Phi) is 3.79. The topological polar surface area (TPSA) is 54.4 Å². The highest BCUT2D eigenvalue weighted by Crippen LogP contribution is 2.33. The summed E-state index contributed by atoms with van der Waals surface area (Å²) in [6.07, 6.45) is 0. The summed E-state index contributed by atoms with van der Waals surface area (Å²) in [4.78, 5) is 11.3. The van der Waals surface area contributed by atoms with E-state index >= 15 is 0 Å². The summed E-state index contributed by atoms with van der Waals surface area (Å²) in [5.74, 6) is -1.03. The number of halogens is 1. The molecule has 104 valence electrons. The summed E-state index contributed by atoms with van der Waals surface area (Å²) >= 11 is -1.56. The van der Waals surface area contributed by atoms with Gasteiger partial charge in [-0.1, -0.05) is 54.6 Å². The predicted molar refractivity (Wildman–Crippen MR) is 89.7 cm³/mol. The van der Waals surface area contributed by atoms with Crippen molar-refractivity contribution in [1.29, 1.82) is 0 Å². The van der Waals surface area contributed by atoms with Crippen LogP contribution in [0.3, 0.4) is 0 Å². The lowest BCUT2D eigenvalue weighted by molar-refractivity contribution is 0.0696. The fraction of sp³-hybridized carbons (Fsp3) is 0. The minimum Gasteiger partial charge on any atom is -0.478 e. The van der Waals surface area contributed by atoms with E-state index in [-0.39, 0.29) is 5.56 Å². The molecule has 0 aliphatic heterocycles. The van der Waals surface area contributed by atoms with E-state index in [0.717, 1.165) is 21.9 Å². The minimum absolute atomic E-state index is 0.135. The molecule has 4 heteroatoms. The molecular weight excluding hydrogens is 379 g/mol. The summed E-state index contributed by atoms with van der Waals surface area (Å²) in [7, 11) is 0. The SMILES string of the molecule is O=Ic1c(C(=O)O)ccc2c(-c3ccccc3)cccc12. The summed E-state index contributed by atoms with van der Waals surface area (Å²) in [6, 6.07) is 18.9. The number of hydrogen-bond acceptors (Lipinski definition) is 2. The molecule has 0 aliphatic carbocycles. The van der Waals surface area contributed by atoms with E-state index in [2.05, 4.69) is 0 Å². The minimum atomic E-state index is -1.56. The molecule has 0 fully saturated rings. The van der Waals surface area contributed by atoms with E-state index in [0.29, 0.717) is 3.57 Å². The lowest BCUT2D eigenvalue weighted by Crippen LogP contribution is -2.00. The molecule has 0 heterocycles. The molecule has 0 saturated carbocycles. The zero-order valence-electron chi connectivity index (χ0n) is 10.9. The van der Waals surface area contributed by atoms with Crippen molar-refractivity contribution < 1.29 is 13.0 Å². The van der Waals surface area contributed by atoms with E-state index in [1.165, 1.54) is 0 Å². The van der Waals surface area contributed by atoms with Gasteiger partial charge in [0.15, 0.2) is 21.2 Å². The highest BCUT2D eigenvalue weighted by atomic mass is 127. The second-order valence-electron chi connectivity index (χ2n) is 4.58. The summed E-state index contributed by atoms with van der Waals surface area (Å²) < 4.78 is 12.0. The summed E-state index contributed by atoms with van der Waals surface area (Å²) in [5, 5.41) is 10.9. The van der Waals surface area contributed by atoms with Gasteiger partial charge in [0.05, 0.1) is 9.13 Å². The van der Waals surface area contributed by atoms with Crippen LogP contribution >= 0.6 is 21.2 Å². The number of hydrogen-bond donors (Lipinski definition) is 1. The van der Waals surface area contributed by atoms with Crippen molar-refractivity contribution in [2.75, 3.05) is 0 Å². The molecule has 0 atom stereocenters. The molecule has 3 aromatic rings. The molecule has 21 heavy (non-hydrogen) atoms. The van der Waals surface area contributed by atoms with Crippen LogP contribution in [-0.2, 0) is 3.07 Å². The van der Waals surface area contributed by atoms with Gasteiger partial charge >= 0.3 is 5.97 Å². The first-order chi connectivity index (χ1) is 10.2. The van der Waals surface area contributed by atoms with Gasteiger partial charge in [-0.15, -0.1) is 0 Å². The van der Waals surface area contributed by atoms with Gasteiger partial charge in [-0.05, 0) is 28.0 Å². The Balaban J connectivity index is 2.36. The van der Waals surface area contributed by atoms with Gasteiger partial charge in [0.25, 0.3) is 0 Å². The van der Waals surface area contributed by atoms with Crippen LogP contribution in [0.15, 0.2) is 60.7 Å². The third-order valence-corrected chi connectivity index (χ3v) is 4.99. The van der Waals surface area contributed by atoms with E-state index in [4.69, 9.17) is 0 Å². The molecule has 0 radical (unpaired) electrons. The zero-order valence-corrected chi connectivity index (χ0v) is 13.1. The number of benzene rings is 3. The Hall–Kier alpha value is -2.08. The number of rotatable bonds is 3. The number of aromatic carboxylic acids is 1. The van der Waals surface area contributed by atoms with Crippen molar-refractivity contribution in [2.45, 2.75) is 0 Å². The van der Waals surface area contributed by atoms with Crippen molar-refractivity contribution in [3.63, 3.8) is 0 Å². The van der Waals surface area contributed by atoms with Gasteiger partial charge in [-0.25, -0.2) is 4.79 Å². The van der Waals surface area contributed by atoms with Gasteiger partial charge < -0.3 is 5.11 Å². The fourth-order valence-corrected chi connectivity index (χ4v) is 3.79. The molecule has 0 aromatic heterocycles. The number of fused-ring (bicyclic) bond motifs is 1. The molecular formula is C17H11IO3. The highest BCUT2D eigenvalue weighted by molar-refractivity contribution is 14.1. The molecule has 0 unspecified atom stereocenters. The average Bonchev–Trinajstić information content (AvgIpc) is 2.53. The van der Waals surface area contributed by atoms with E-state index < -0.39 is 27.2 Å². The van der Waals surface area contributed by atoms with Gasteiger partial charge in [0.2, 0.25) is 0 Å². The van der Waals surface area contributed by atoms with Crippen molar-refractivity contribution in [2.24, 2.45) is 0 Å². The van der Waals surface area contributed by atoms with Crippen LogP contribution in [0.5, 0.6) is 0 Å². The van der Waals surface area contributed by atoms with Crippen molar-refractivity contribution in [3.8, 4) is 11.1 Å². The Bertz CT molecular complexity index is 841. The lowest BCUT2D eigenvalue weighted by atomic mass is 9.97. The van der Waals surface area contributed by atoms with Crippen LogP contribution in [0.2, 0.25) is 0 Å². The second kappa shape index (κ2) is 5.73. The molecule has 1 N–H and O–H groups in total. The van der Waals surface area contributed by atoms with Crippen molar-refractivity contribution >= 4 is 37.9 Å². The van der Waals surface area contributed by atoms with Gasteiger partial charge in [-0.2, -0.15) is 0 Å². The largest absolute Gasteiger partial charge is 0.478 e. The van der Waals surface area contributed by atoms with Crippen LogP contribution in [0, 0.1) is 3.57 Å². The molecule has 3 nitrogen and oxygen atoms in total.